The Balaban J connectivity index is 2.89. The van der Waals surface area contributed by atoms with Crippen molar-refractivity contribution in [3.8, 4) is 5.75 Å². The van der Waals surface area contributed by atoms with E-state index in [9.17, 15) is 17.6 Å². The van der Waals surface area contributed by atoms with Crippen molar-refractivity contribution >= 4 is 0 Å². The Hall–Kier alpha value is -1.30. The third-order valence-corrected chi connectivity index (χ3v) is 2.11. The maximum Gasteiger partial charge on any atom is 0.403 e. The summed E-state index contributed by atoms with van der Waals surface area (Å²) in [7, 11) is 1.26. The van der Waals surface area contributed by atoms with Crippen molar-refractivity contribution in [2.75, 3.05) is 7.11 Å². The third-order valence-electron chi connectivity index (χ3n) is 2.11. The molecular formula is C10H11F4NO. The van der Waals surface area contributed by atoms with Crippen molar-refractivity contribution in [1.29, 1.82) is 0 Å². The molecule has 0 amide bonds. The van der Waals surface area contributed by atoms with E-state index in [1.165, 1.54) is 13.2 Å². The lowest BCUT2D eigenvalue weighted by Gasteiger charge is -2.17. The van der Waals surface area contributed by atoms with Gasteiger partial charge in [-0.2, -0.15) is 13.2 Å². The topological polar surface area (TPSA) is 35.2 Å². The maximum atomic E-state index is 12.8. The summed E-state index contributed by atoms with van der Waals surface area (Å²) in [6.45, 7) is 0. The zero-order chi connectivity index (χ0) is 12.3. The molecule has 0 bridgehead atoms. The fourth-order valence-electron chi connectivity index (χ4n) is 1.24. The van der Waals surface area contributed by atoms with Crippen molar-refractivity contribution < 1.29 is 22.3 Å². The zero-order valence-corrected chi connectivity index (χ0v) is 8.51. The van der Waals surface area contributed by atoms with Gasteiger partial charge in [0.1, 0.15) is 17.6 Å². The van der Waals surface area contributed by atoms with Crippen LogP contribution in [0.15, 0.2) is 18.2 Å². The number of methoxy groups -OCH3 is 1. The molecule has 0 aliphatic carbocycles. The van der Waals surface area contributed by atoms with E-state index in [1.54, 1.807) is 0 Å². The molecule has 1 aromatic carbocycles. The molecule has 90 valence electrons. The van der Waals surface area contributed by atoms with E-state index in [0.717, 1.165) is 12.1 Å². The summed E-state index contributed by atoms with van der Waals surface area (Å²) in [6, 6.07) is 1.35. The smallest absolute Gasteiger partial charge is 0.403 e. The molecule has 1 rings (SSSR count). The largest absolute Gasteiger partial charge is 0.496 e. The van der Waals surface area contributed by atoms with Crippen molar-refractivity contribution in [3.63, 3.8) is 0 Å². The first-order chi connectivity index (χ1) is 7.34. The normalized spacial score (nSPS) is 13.6. The van der Waals surface area contributed by atoms with E-state index in [2.05, 4.69) is 0 Å². The molecule has 6 heteroatoms. The fourth-order valence-corrected chi connectivity index (χ4v) is 1.24. The molecule has 0 saturated heterocycles. The number of benzene rings is 1. The Morgan fingerprint density at radius 2 is 2.00 bits per heavy atom. The predicted octanol–water partition coefficient (Wildman–Crippen LogP) is 2.27. The molecule has 2 N–H and O–H groups in total. The van der Waals surface area contributed by atoms with Gasteiger partial charge in [0, 0.05) is 6.07 Å². The highest BCUT2D eigenvalue weighted by atomic mass is 19.4. The second-order valence-electron chi connectivity index (χ2n) is 3.31. The SMILES string of the molecule is COc1cc(F)ccc1CC(N)C(F)(F)F. The lowest BCUT2D eigenvalue weighted by molar-refractivity contribution is -0.147. The first-order valence-corrected chi connectivity index (χ1v) is 4.49. The minimum absolute atomic E-state index is 0.0692. The van der Waals surface area contributed by atoms with E-state index in [1.807, 2.05) is 0 Å². The second-order valence-corrected chi connectivity index (χ2v) is 3.31. The molecule has 0 aromatic heterocycles. The minimum Gasteiger partial charge on any atom is -0.496 e. The molecule has 0 aliphatic heterocycles. The second kappa shape index (κ2) is 4.69. The van der Waals surface area contributed by atoms with Gasteiger partial charge in [0.25, 0.3) is 0 Å². The van der Waals surface area contributed by atoms with Crippen LogP contribution in [0.4, 0.5) is 17.6 Å². The van der Waals surface area contributed by atoms with Crippen LogP contribution in [0.25, 0.3) is 0 Å². The summed E-state index contributed by atoms with van der Waals surface area (Å²) in [5.41, 5.74) is 5.20. The molecular weight excluding hydrogens is 226 g/mol. The lowest BCUT2D eigenvalue weighted by Crippen LogP contribution is -2.39. The lowest BCUT2D eigenvalue weighted by atomic mass is 10.1. The van der Waals surface area contributed by atoms with Crippen molar-refractivity contribution in [3.05, 3.63) is 29.6 Å². The van der Waals surface area contributed by atoms with Gasteiger partial charge in [0.15, 0.2) is 0 Å². The number of hydrogen-bond donors (Lipinski definition) is 1. The summed E-state index contributed by atoms with van der Waals surface area (Å²) in [5.74, 6) is -0.499. The van der Waals surface area contributed by atoms with Crippen LogP contribution < -0.4 is 10.5 Å². The predicted molar refractivity (Wildman–Crippen MR) is 50.7 cm³/mol. The summed E-state index contributed by atoms with van der Waals surface area (Å²) >= 11 is 0. The van der Waals surface area contributed by atoms with Crippen LogP contribution in [-0.2, 0) is 6.42 Å². The van der Waals surface area contributed by atoms with Gasteiger partial charge in [-0.1, -0.05) is 6.07 Å². The first kappa shape index (κ1) is 12.8. The van der Waals surface area contributed by atoms with Crippen molar-refractivity contribution in [2.24, 2.45) is 5.73 Å². The number of ether oxygens (including phenoxy) is 1. The molecule has 0 fully saturated rings. The molecule has 0 heterocycles. The molecule has 0 aliphatic rings. The number of hydrogen-bond acceptors (Lipinski definition) is 2. The average Bonchev–Trinajstić information content (AvgIpc) is 2.19. The highest BCUT2D eigenvalue weighted by Gasteiger charge is 2.36. The summed E-state index contributed by atoms with van der Waals surface area (Å²) < 4.78 is 54.2. The van der Waals surface area contributed by atoms with Crippen molar-refractivity contribution in [1.82, 2.24) is 0 Å². The standard InChI is InChI=1S/C10H11F4NO/c1-16-8-5-7(11)3-2-6(8)4-9(15)10(12,13)14/h2-3,5,9H,4,15H2,1H3. The van der Waals surface area contributed by atoms with Crippen molar-refractivity contribution in [2.45, 2.75) is 18.6 Å². The molecule has 0 saturated carbocycles. The third kappa shape index (κ3) is 3.10. The van der Waals surface area contributed by atoms with E-state index in [4.69, 9.17) is 10.5 Å². The van der Waals surface area contributed by atoms with Crippen LogP contribution in [0.1, 0.15) is 5.56 Å². The number of nitrogens with two attached hydrogens (primary N) is 1. The molecule has 1 aromatic rings. The average molecular weight is 237 g/mol. The highest BCUT2D eigenvalue weighted by Crippen LogP contribution is 2.26. The quantitative estimate of drug-likeness (QED) is 0.818. The Kier molecular flexibility index (Phi) is 3.74. The van der Waals surface area contributed by atoms with Gasteiger partial charge in [-0.05, 0) is 18.1 Å². The molecule has 1 unspecified atom stereocenters. The van der Waals surface area contributed by atoms with Gasteiger partial charge in [0.05, 0.1) is 7.11 Å². The van der Waals surface area contributed by atoms with E-state index in [-0.39, 0.29) is 11.3 Å². The van der Waals surface area contributed by atoms with Crippen LogP contribution in [0.5, 0.6) is 5.75 Å². The van der Waals surface area contributed by atoms with Crippen LogP contribution >= 0.6 is 0 Å². The van der Waals surface area contributed by atoms with E-state index >= 15 is 0 Å². The Morgan fingerprint density at radius 1 is 1.38 bits per heavy atom. The number of rotatable bonds is 3. The van der Waals surface area contributed by atoms with Gasteiger partial charge < -0.3 is 10.5 Å². The minimum atomic E-state index is -4.47. The zero-order valence-electron chi connectivity index (χ0n) is 8.51. The van der Waals surface area contributed by atoms with Gasteiger partial charge in [-0.25, -0.2) is 4.39 Å². The van der Waals surface area contributed by atoms with Crippen LogP contribution in [0, 0.1) is 5.82 Å². The molecule has 0 radical (unpaired) electrons. The molecule has 1 atom stereocenters. The maximum absolute atomic E-state index is 12.8. The van der Waals surface area contributed by atoms with E-state index < -0.39 is 24.5 Å². The fraction of sp³-hybridized carbons (Fsp3) is 0.400. The summed E-state index contributed by atoms with van der Waals surface area (Å²) in [6.07, 6.45) is -4.91. The molecule has 16 heavy (non-hydrogen) atoms. The molecule has 0 spiro atoms. The Labute approximate surface area is 90.0 Å². The van der Waals surface area contributed by atoms with Crippen LogP contribution in [0.3, 0.4) is 0 Å². The Bertz CT molecular complexity index is 364. The van der Waals surface area contributed by atoms with Crippen LogP contribution in [-0.4, -0.2) is 19.3 Å². The number of alkyl halides is 3. The first-order valence-electron chi connectivity index (χ1n) is 4.49. The monoisotopic (exact) mass is 237 g/mol. The van der Waals surface area contributed by atoms with Gasteiger partial charge in [-0.15, -0.1) is 0 Å². The van der Waals surface area contributed by atoms with Gasteiger partial charge in [0.2, 0.25) is 0 Å². The molecule has 2 nitrogen and oxygen atoms in total. The van der Waals surface area contributed by atoms with Gasteiger partial charge >= 0.3 is 6.18 Å². The van der Waals surface area contributed by atoms with E-state index in [0.29, 0.717) is 0 Å². The van der Waals surface area contributed by atoms with Crippen LogP contribution in [0.2, 0.25) is 0 Å². The highest BCUT2D eigenvalue weighted by molar-refractivity contribution is 5.34. The summed E-state index contributed by atoms with van der Waals surface area (Å²) in [4.78, 5) is 0. The number of halogens is 4. The van der Waals surface area contributed by atoms with Gasteiger partial charge in [-0.3, -0.25) is 0 Å². The Morgan fingerprint density at radius 3 is 2.50 bits per heavy atom. The summed E-state index contributed by atoms with van der Waals surface area (Å²) in [5, 5.41) is 0.